The van der Waals surface area contributed by atoms with E-state index < -0.39 is 0 Å². The maximum atomic E-state index is 12.5. The number of carbonyl (C=O) groups excluding carboxylic acids is 2. The number of benzene rings is 1. The molecule has 1 aliphatic heterocycles. The highest BCUT2D eigenvalue weighted by atomic mass is 32.1. The molecule has 28 heavy (non-hydrogen) atoms. The highest BCUT2D eigenvalue weighted by Gasteiger charge is 2.26. The molecule has 2 N–H and O–H groups in total. The van der Waals surface area contributed by atoms with E-state index in [0.717, 1.165) is 11.3 Å². The van der Waals surface area contributed by atoms with Gasteiger partial charge >= 0.3 is 0 Å². The Hall–Kier alpha value is -3.00. The number of rotatable bonds is 5. The number of carbonyl (C=O) groups is 2. The highest BCUT2D eigenvalue weighted by Crippen LogP contribution is 2.27. The molecule has 144 valence electrons. The minimum Gasteiger partial charge on any atom is -0.338 e. The Morgan fingerprint density at radius 2 is 2.11 bits per heavy atom. The molecule has 0 saturated heterocycles. The number of nitrogens with one attached hydrogen (secondary N) is 2. The third kappa shape index (κ3) is 3.68. The Bertz CT molecular complexity index is 1100. The fraction of sp³-hybridized carbons (Fsp3) is 0.300. The van der Waals surface area contributed by atoms with Crippen molar-refractivity contribution in [2.75, 3.05) is 12.4 Å². The van der Waals surface area contributed by atoms with E-state index in [9.17, 15) is 14.4 Å². The van der Waals surface area contributed by atoms with Crippen molar-refractivity contribution in [3.8, 4) is 0 Å². The molecule has 0 aliphatic carbocycles. The molecule has 7 nitrogen and oxygen atoms in total. The van der Waals surface area contributed by atoms with Crippen LogP contribution in [-0.4, -0.2) is 33.7 Å². The molecule has 8 heteroatoms. The van der Waals surface area contributed by atoms with Crippen LogP contribution in [0.5, 0.6) is 0 Å². The predicted octanol–water partition coefficient (Wildman–Crippen LogP) is 2.53. The number of aromatic amines is 1. The van der Waals surface area contributed by atoms with Crippen molar-refractivity contribution in [1.82, 2.24) is 14.9 Å². The lowest BCUT2D eigenvalue weighted by molar-refractivity contribution is -0.131. The number of nitrogens with zero attached hydrogens (tertiary/aromatic N) is 2. The van der Waals surface area contributed by atoms with E-state index >= 15 is 0 Å². The van der Waals surface area contributed by atoms with Crippen LogP contribution in [0.3, 0.4) is 0 Å². The Balaban J connectivity index is 1.37. The Morgan fingerprint density at radius 3 is 2.96 bits per heavy atom. The molecule has 0 bridgehead atoms. The summed E-state index contributed by atoms with van der Waals surface area (Å²) in [7, 11) is 1.68. The summed E-state index contributed by atoms with van der Waals surface area (Å²) in [5.41, 5.74) is 2.40. The van der Waals surface area contributed by atoms with Crippen LogP contribution in [-0.2, 0) is 22.6 Å². The van der Waals surface area contributed by atoms with Gasteiger partial charge in [0.05, 0.1) is 12.1 Å². The summed E-state index contributed by atoms with van der Waals surface area (Å²) < 4.78 is 0.585. The second kappa shape index (κ2) is 7.55. The van der Waals surface area contributed by atoms with Gasteiger partial charge in [0.15, 0.2) is 0 Å². The van der Waals surface area contributed by atoms with Crippen molar-refractivity contribution in [3.63, 3.8) is 0 Å². The van der Waals surface area contributed by atoms with Crippen molar-refractivity contribution >= 4 is 39.1 Å². The van der Waals surface area contributed by atoms with Crippen molar-refractivity contribution < 1.29 is 9.59 Å². The molecule has 2 aromatic heterocycles. The van der Waals surface area contributed by atoms with E-state index in [2.05, 4.69) is 15.3 Å². The van der Waals surface area contributed by atoms with Gasteiger partial charge in [-0.15, -0.1) is 11.3 Å². The molecule has 1 atom stereocenters. The first-order chi connectivity index (χ1) is 13.5. The van der Waals surface area contributed by atoms with Crippen molar-refractivity contribution in [3.05, 3.63) is 57.5 Å². The molecule has 0 unspecified atom stereocenters. The average molecular weight is 396 g/mol. The normalized spacial score (nSPS) is 15.9. The van der Waals surface area contributed by atoms with E-state index in [1.807, 2.05) is 29.6 Å². The van der Waals surface area contributed by atoms with Gasteiger partial charge in [-0.3, -0.25) is 14.4 Å². The molecule has 3 heterocycles. The van der Waals surface area contributed by atoms with Gasteiger partial charge in [-0.05, 0) is 35.9 Å². The summed E-state index contributed by atoms with van der Waals surface area (Å²) in [6.45, 7) is 0.222. The first-order valence-electron chi connectivity index (χ1n) is 9.10. The van der Waals surface area contributed by atoms with Gasteiger partial charge in [-0.25, -0.2) is 4.98 Å². The van der Waals surface area contributed by atoms with E-state index in [1.54, 1.807) is 13.1 Å². The molecule has 0 saturated carbocycles. The Kier molecular flexibility index (Phi) is 4.95. The number of para-hydroxylation sites is 1. The van der Waals surface area contributed by atoms with Crippen LogP contribution in [0, 0.1) is 5.92 Å². The largest absolute Gasteiger partial charge is 0.338 e. The maximum absolute atomic E-state index is 12.5. The van der Waals surface area contributed by atoms with Gasteiger partial charge in [0.1, 0.15) is 10.5 Å². The molecule has 1 aromatic carbocycles. The maximum Gasteiger partial charge on any atom is 0.268 e. The molecule has 0 spiro atoms. The third-order valence-corrected chi connectivity index (χ3v) is 5.90. The van der Waals surface area contributed by atoms with Crippen molar-refractivity contribution in [2.24, 2.45) is 5.92 Å². The molecular weight excluding hydrogens is 376 g/mol. The van der Waals surface area contributed by atoms with Crippen LogP contribution in [0.15, 0.2) is 40.5 Å². The fourth-order valence-corrected chi connectivity index (χ4v) is 4.17. The first kappa shape index (κ1) is 18.4. The zero-order chi connectivity index (χ0) is 19.7. The zero-order valence-corrected chi connectivity index (χ0v) is 16.2. The average Bonchev–Trinajstić information content (AvgIpc) is 3.15. The second-order valence-electron chi connectivity index (χ2n) is 6.98. The number of H-pyrrole nitrogens is 1. The monoisotopic (exact) mass is 396 g/mol. The molecular formula is C20H20N4O3S. The van der Waals surface area contributed by atoms with Gasteiger partial charge in [0.2, 0.25) is 11.8 Å². The van der Waals surface area contributed by atoms with Crippen molar-refractivity contribution in [1.29, 1.82) is 0 Å². The summed E-state index contributed by atoms with van der Waals surface area (Å²) in [6.07, 6.45) is 1.39. The molecule has 3 aromatic rings. The topological polar surface area (TPSA) is 95.2 Å². The SMILES string of the molecule is CN(Cc1nc2ccsc2c(=O)[nH]1)C(=O)CC[C@@H]1Cc2ccccc2NC1=O. The van der Waals surface area contributed by atoms with Gasteiger partial charge in [-0.2, -0.15) is 0 Å². The second-order valence-corrected chi connectivity index (χ2v) is 7.90. The lowest BCUT2D eigenvalue weighted by Gasteiger charge is -2.25. The minimum absolute atomic E-state index is 0.0388. The third-order valence-electron chi connectivity index (χ3n) is 5.00. The minimum atomic E-state index is -0.215. The molecule has 4 rings (SSSR count). The number of fused-ring (bicyclic) bond motifs is 2. The number of hydrogen-bond acceptors (Lipinski definition) is 5. The molecule has 0 radical (unpaired) electrons. The summed E-state index contributed by atoms with van der Waals surface area (Å²) in [5.74, 6) is 0.117. The number of amides is 2. The number of thiophene rings is 1. The summed E-state index contributed by atoms with van der Waals surface area (Å²) >= 11 is 1.34. The Morgan fingerprint density at radius 1 is 1.29 bits per heavy atom. The van der Waals surface area contributed by atoms with E-state index in [0.29, 0.717) is 28.9 Å². The lowest BCUT2D eigenvalue weighted by atomic mass is 9.89. The van der Waals surface area contributed by atoms with Gasteiger partial charge < -0.3 is 15.2 Å². The molecule has 1 aliphatic rings. The van der Waals surface area contributed by atoms with Crippen LogP contribution < -0.4 is 10.9 Å². The van der Waals surface area contributed by atoms with Crippen LogP contribution in [0.4, 0.5) is 5.69 Å². The van der Waals surface area contributed by atoms with E-state index in [-0.39, 0.29) is 36.3 Å². The van der Waals surface area contributed by atoms with Crippen LogP contribution in [0.25, 0.3) is 10.2 Å². The zero-order valence-electron chi connectivity index (χ0n) is 15.4. The van der Waals surface area contributed by atoms with Crippen LogP contribution in [0.2, 0.25) is 0 Å². The summed E-state index contributed by atoms with van der Waals surface area (Å²) in [4.78, 5) is 45.5. The predicted molar refractivity (Wildman–Crippen MR) is 108 cm³/mol. The lowest BCUT2D eigenvalue weighted by Crippen LogP contribution is -2.32. The summed E-state index contributed by atoms with van der Waals surface area (Å²) in [6, 6.07) is 9.52. The quantitative estimate of drug-likeness (QED) is 0.693. The molecule has 2 amide bonds. The standard InChI is InChI=1S/C20H20N4O3S/c1-24(11-16-21-15-8-9-28-18(15)20(27)23-16)17(25)7-6-13-10-12-4-2-3-5-14(12)22-19(13)26/h2-5,8-9,13H,6-7,10-11H2,1H3,(H,22,26)(H,21,23,27)/t13-/m1/s1. The highest BCUT2D eigenvalue weighted by molar-refractivity contribution is 7.17. The van der Waals surface area contributed by atoms with E-state index in [4.69, 9.17) is 0 Å². The van der Waals surface area contributed by atoms with E-state index in [1.165, 1.54) is 16.2 Å². The smallest absolute Gasteiger partial charge is 0.268 e. The first-order valence-corrected chi connectivity index (χ1v) is 9.98. The van der Waals surface area contributed by atoms with Gasteiger partial charge in [0.25, 0.3) is 5.56 Å². The molecule has 0 fully saturated rings. The van der Waals surface area contributed by atoms with Crippen LogP contribution >= 0.6 is 11.3 Å². The summed E-state index contributed by atoms with van der Waals surface area (Å²) in [5, 5.41) is 4.73. The van der Waals surface area contributed by atoms with Crippen LogP contribution in [0.1, 0.15) is 24.2 Å². The number of aromatic nitrogens is 2. The van der Waals surface area contributed by atoms with Gasteiger partial charge in [-0.1, -0.05) is 18.2 Å². The fourth-order valence-electron chi connectivity index (χ4n) is 3.44. The number of anilines is 1. The van der Waals surface area contributed by atoms with Gasteiger partial charge in [0, 0.05) is 25.1 Å². The Labute approximate surface area is 165 Å². The van der Waals surface area contributed by atoms with Crippen molar-refractivity contribution in [2.45, 2.75) is 25.8 Å². The number of hydrogen-bond donors (Lipinski definition) is 2.